The summed E-state index contributed by atoms with van der Waals surface area (Å²) in [6, 6.07) is 16.7. The van der Waals surface area contributed by atoms with Gasteiger partial charge in [-0.2, -0.15) is 0 Å². The molecular formula is C25H26N2O3. The summed E-state index contributed by atoms with van der Waals surface area (Å²) in [4.78, 5) is 29.0. The summed E-state index contributed by atoms with van der Waals surface area (Å²) in [7, 11) is 0. The van der Waals surface area contributed by atoms with Crippen LogP contribution in [-0.4, -0.2) is 58.5 Å². The minimum absolute atomic E-state index is 0.00275. The molecule has 2 amide bonds. The Labute approximate surface area is 177 Å². The maximum absolute atomic E-state index is 12.9. The van der Waals surface area contributed by atoms with E-state index in [1.807, 2.05) is 42.5 Å². The number of carbonyl (C=O) groups excluding carboxylic acids is 2. The van der Waals surface area contributed by atoms with Crippen molar-refractivity contribution in [1.29, 1.82) is 0 Å². The summed E-state index contributed by atoms with van der Waals surface area (Å²) in [5, 5.41) is 9.93. The van der Waals surface area contributed by atoms with Gasteiger partial charge in [-0.1, -0.05) is 49.1 Å². The first kappa shape index (κ1) is 20.2. The Kier molecular flexibility index (Phi) is 5.87. The Morgan fingerprint density at radius 3 is 2.53 bits per heavy atom. The predicted octanol–water partition coefficient (Wildman–Crippen LogP) is 2.65. The van der Waals surface area contributed by atoms with Gasteiger partial charge in [0.05, 0.1) is 18.7 Å². The average Bonchev–Trinajstić information content (AvgIpc) is 2.76. The number of carbonyl (C=O) groups is 2. The molecule has 2 heterocycles. The zero-order valence-corrected chi connectivity index (χ0v) is 17.1. The molecule has 0 bridgehead atoms. The van der Waals surface area contributed by atoms with Crippen LogP contribution in [0.25, 0.3) is 0 Å². The molecular weight excluding hydrogens is 376 g/mol. The molecule has 0 aromatic heterocycles. The van der Waals surface area contributed by atoms with Crippen LogP contribution in [0, 0.1) is 11.8 Å². The number of aliphatic hydroxyl groups is 1. The molecule has 2 aliphatic rings. The molecule has 2 saturated heterocycles. The van der Waals surface area contributed by atoms with E-state index < -0.39 is 0 Å². The third-order valence-electron chi connectivity index (χ3n) is 5.96. The third-order valence-corrected chi connectivity index (χ3v) is 5.96. The highest BCUT2D eigenvalue weighted by molar-refractivity contribution is 5.97. The van der Waals surface area contributed by atoms with Gasteiger partial charge in [-0.25, -0.2) is 0 Å². The summed E-state index contributed by atoms with van der Waals surface area (Å²) in [5.74, 6) is 6.08. The third kappa shape index (κ3) is 3.71. The normalized spacial score (nSPS) is 22.6. The summed E-state index contributed by atoms with van der Waals surface area (Å²) < 4.78 is 0. The lowest BCUT2D eigenvalue weighted by molar-refractivity contribution is -0.159. The number of hydrogen-bond acceptors (Lipinski definition) is 3. The van der Waals surface area contributed by atoms with Crippen molar-refractivity contribution in [3.8, 4) is 11.8 Å². The zero-order valence-electron chi connectivity index (χ0n) is 17.1. The van der Waals surface area contributed by atoms with E-state index in [0.29, 0.717) is 12.1 Å². The highest BCUT2D eigenvalue weighted by atomic mass is 16.3. The Morgan fingerprint density at radius 2 is 1.87 bits per heavy atom. The fraction of sp³-hybridized carbons (Fsp3) is 0.360. The number of hydrogen-bond donors (Lipinski definition) is 1. The topological polar surface area (TPSA) is 60.9 Å². The number of fused-ring (bicyclic) bond motifs is 1. The van der Waals surface area contributed by atoms with E-state index in [-0.39, 0.29) is 43.0 Å². The van der Waals surface area contributed by atoms with Gasteiger partial charge in [0.2, 0.25) is 5.91 Å². The maximum atomic E-state index is 12.9. The van der Waals surface area contributed by atoms with Crippen molar-refractivity contribution >= 4 is 11.8 Å². The van der Waals surface area contributed by atoms with E-state index in [9.17, 15) is 14.7 Å². The van der Waals surface area contributed by atoms with E-state index in [4.69, 9.17) is 0 Å². The van der Waals surface area contributed by atoms with Gasteiger partial charge in [0.15, 0.2) is 0 Å². The Hall–Kier alpha value is -3.10. The molecule has 0 spiro atoms. The Morgan fingerprint density at radius 1 is 1.13 bits per heavy atom. The number of unbranched alkanes of at least 4 members (excludes halogenated alkanes) is 1. The van der Waals surface area contributed by atoms with Crippen molar-refractivity contribution in [1.82, 2.24) is 9.80 Å². The summed E-state index contributed by atoms with van der Waals surface area (Å²) in [5.41, 5.74) is 2.62. The fourth-order valence-electron chi connectivity index (χ4n) is 4.50. The van der Waals surface area contributed by atoms with E-state index in [1.54, 1.807) is 21.9 Å². The molecule has 2 aromatic rings. The molecule has 4 rings (SSSR count). The van der Waals surface area contributed by atoms with Crippen molar-refractivity contribution in [2.24, 2.45) is 0 Å². The number of benzene rings is 2. The second-order valence-electron chi connectivity index (χ2n) is 7.87. The van der Waals surface area contributed by atoms with Crippen LogP contribution in [0.4, 0.5) is 0 Å². The highest BCUT2D eigenvalue weighted by Crippen LogP contribution is 2.43. The molecule has 2 aliphatic heterocycles. The first-order chi connectivity index (χ1) is 14.6. The van der Waals surface area contributed by atoms with Crippen LogP contribution in [0.2, 0.25) is 0 Å². The van der Waals surface area contributed by atoms with Gasteiger partial charge >= 0.3 is 0 Å². The summed E-state index contributed by atoms with van der Waals surface area (Å²) in [6.45, 7) is 2.54. The number of amides is 2. The van der Waals surface area contributed by atoms with Gasteiger partial charge in [0.1, 0.15) is 6.54 Å². The van der Waals surface area contributed by atoms with Crippen LogP contribution >= 0.6 is 0 Å². The molecule has 0 aliphatic carbocycles. The fourth-order valence-corrected chi connectivity index (χ4v) is 4.50. The molecule has 3 atom stereocenters. The Balaban J connectivity index is 1.54. The van der Waals surface area contributed by atoms with E-state index in [1.165, 1.54) is 0 Å². The SMILES string of the molecule is CCCC#Cc1ccc([C@H]2[C@H](CO)N3C(=O)CN(C(=O)c4ccccc4)C[C@@H]23)cc1. The number of rotatable bonds is 4. The second-order valence-corrected chi connectivity index (χ2v) is 7.87. The van der Waals surface area contributed by atoms with Gasteiger partial charge in [-0.05, 0) is 36.2 Å². The lowest BCUT2D eigenvalue weighted by atomic mass is 9.73. The molecule has 2 fully saturated rings. The van der Waals surface area contributed by atoms with Crippen LogP contribution in [0.3, 0.4) is 0 Å². The Bertz CT molecular complexity index is 975. The van der Waals surface area contributed by atoms with Gasteiger partial charge in [-0.15, -0.1) is 0 Å². The molecule has 154 valence electrons. The van der Waals surface area contributed by atoms with E-state index in [0.717, 1.165) is 24.0 Å². The number of nitrogens with zero attached hydrogens (tertiary/aromatic N) is 2. The van der Waals surface area contributed by atoms with Crippen LogP contribution in [-0.2, 0) is 4.79 Å². The summed E-state index contributed by atoms with van der Waals surface area (Å²) in [6.07, 6.45) is 1.91. The van der Waals surface area contributed by atoms with Gasteiger partial charge in [0, 0.05) is 30.0 Å². The predicted molar refractivity (Wildman–Crippen MR) is 115 cm³/mol. The first-order valence-electron chi connectivity index (χ1n) is 10.5. The van der Waals surface area contributed by atoms with Crippen molar-refractivity contribution in [2.45, 2.75) is 37.8 Å². The molecule has 5 heteroatoms. The monoisotopic (exact) mass is 402 g/mol. The molecule has 2 aromatic carbocycles. The first-order valence-corrected chi connectivity index (χ1v) is 10.5. The van der Waals surface area contributed by atoms with Gasteiger partial charge in [-0.3, -0.25) is 9.59 Å². The lowest BCUT2D eigenvalue weighted by Gasteiger charge is -2.58. The van der Waals surface area contributed by atoms with Crippen LogP contribution in [0.15, 0.2) is 54.6 Å². The largest absolute Gasteiger partial charge is 0.394 e. The minimum atomic E-state index is -0.242. The lowest BCUT2D eigenvalue weighted by Crippen LogP contribution is -2.73. The van der Waals surface area contributed by atoms with E-state index >= 15 is 0 Å². The quantitative estimate of drug-likeness (QED) is 0.800. The van der Waals surface area contributed by atoms with E-state index in [2.05, 4.69) is 18.8 Å². The minimum Gasteiger partial charge on any atom is -0.394 e. The molecule has 1 N–H and O–H groups in total. The second kappa shape index (κ2) is 8.73. The highest BCUT2D eigenvalue weighted by Gasteiger charge is 2.54. The standard InChI is InChI=1S/C25H26N2O3/c1-2-3-5-8-18-11-13-19(14-12-18)24-21-15-26(16-23(29)27(21)22(24)17-28)25(30)20-9-6-4-7-10-20/h4,6-7,9-14,21-22,24,28H,2-3,15-17H2,1H3/t21-,22-,24+/m0/s1. The van der Waals surface area contributed by atoms with Crippen LogP contribution in [0.1, 0.15) is 47.2 Å². The van der Waals surface area contributed by atoms with Crippen LogP contribution in [0.5, 0.6) is 0 Å². The van der Waals surface area contributed by atoms with Gasteiger partial charge < -0.3 is 14.9 Å². The molecule has 5 nitrogen and oxygen atoms in total. The number of aliphatic hydroxyl groups excluding tert-OH is 1. The average molecular weight is 402 g/mol. The molecule has 0 unspecified atom stereocenters. The smallest absolute Gasteiger partial charge is 0.254 e. The molecule has 30 heavy (non-hydrogen) atoms. The van der Waals surface area contributed by atoms with Crippen molar-refractivity contribution in [3.63, 3.8) is 0 Å². The van der Waals surface area contributed by atoms with Crippen LogP contribution < -0.4 is 0 Å². The summed E-state index contributed by atoms with van der Waals surface area (Å²) >= 11 is 0. The maximum Gasteiger partial charge on any atom is 0.254 e. The molecule has 0 saturated carbocycles. The molecule has 0 radical (unpaired) electrons. The van der Waals surface area contributed by atoms with Gasteiger partial charge in [0.25, 0.3) is 5.91 Å². The number of piperazine rings is 1. The zero-order chi connectivity index (χ0) is 21.1. The van der Waals surface area contributed by atoms with Crippen molar-refractivity contribution in [2.75, 3.05) is 19.7 Å². The van der Waals surface area contributed by atoms with Crippen molar-refractivity contribution in [3.05, 3.63) is 71.3 Å². The van der Waals surface area contributed by atoms with Crippen molar-refractivity contribution < 1.29 is 14.7 Å².